The lowest BCUT2D eigenvalue weighted by Crippen LogP contribution is -2.39. The van der Waals surface area contributed by atoms with E-state index >= 15 is 0 Å². The quantitative estimate of drug-likeness (QED) is 0.828. The third-order valence-corrected chi connectivity index (χ3v) is 3.77. The van der Waals surface area contributed by atoms with E-state index in [4.69, 9.17) is 11.6 Å². The van der Waals surface area contributed by atoms with Gasteiger partial charge >= 0.3 is 0 Å². The molecule has 1 aliphatic rings. The van der Waals surface area contributed by atoms with Crippen molar-refractivity contribution < 1.29 is 9.59 Å². The van der Waals surface area contributed by atoms with Crippen molar-refractivity contribution in [3.63, 3.8) is 0 Å². The normalized spacial score (nSPS) is 14.9. The summed E-state index contributed by atoms with van der Waals surface area (Å²) in [5, 5.41) is 7.44. The zero-order valence-electron chi connectivity index (χ0n) is 9.93. The fourth-order valence-electron chi connectivity index (χ4n) is 1.80. The summed E-state index contributed by atoms with van der Waals surface area (Å²) in [5.74, 6) is -0.356. The molecule has 0 bridgehead atoms. The molecule has 0 aromatic carbocycles. The van der Waals surface area contributed by atoms with Crippen molar-refractivity contribution in [2.24, 2.45) is 0 Å². The van der Waals surface area contributed by atoms with Crippen LogP contribution < -0.4 is 0 Å². The highest BCUT2D eigenvalue weighted by Gasteiger charge is 2.23. The van der Waals surface area contributed by atoms with Gasteiger partial charge in [-0.3, -0.25) is 9.59 Å². The molecule has 1 aliphatic heterocycles. The lowest BCUT2D eigenvalue weighted by molar-refractivity contribution is -0.130. The Morgan fingerprint density at radius 1 is 1.39 bits per heavy atom. The van der Waals surface area contributed by atoms with Crippen LogP contribution >= 0.6 is 22.9 Å². The van der Waals surface area contributed by atoms with Crippen LogP contribution in [0.2, 0.25) is 4.47 Å². The second-order valence-electron chi connectivity index (χ2n) is 4.11. The van der Waals surface area contributed by atoms with Crippen molar-refractivity contribution in [3.8, 4) is 0 Å². The summed E-state index contributed by atoms with van der Waals surface area (Å²) in [6.45, 7) is 1.63. The van der Waals surface area contributed by atoms with Gasteiger partial charge in [-0.15, -0.1) is 10.2 Å². The van der Waals surface area contributed by atoms with Gasteiger partial charge in [0.2, 0.25) is 15.4 Å². The summed E-state index contributed by atoms with van der Waals surface area (Å²) in [5.41, 5.74) is 0. The van der Waals surface area contributed by atoms with Crippen LogP contribution in [0.25, 0.3) is 0 Å². The molecule has 0 unspecified atom stereocenters. The minimum atomic E-state index is -0.327. The number of rotatable bonds is 3. The Bertz CT molecular complexity index is 458. The molecule has 0 N–H and O–H groups in total. The Balaban J connectivity index is 1.92. The van der Waals surface area contributed by atoms with Gasteiger partial charge in [-0.25, -0.2) is 0 Å². The predicted molar refractivity (Wildman–Crippen MR) is 67.7 cm³/mol. The third-order valence-electron chi connectivity index (χ3n) is 2.76. The molecule has 0 saturated carbocycles. The highest BCUT2D eigenvalue weighted by molar-refractivity contribution is 7.17. The van der Waals surface area contributed by atoms with Gasteiger partial charge in [0.15, 0.2) is 0 Å². The number of aromatic nitrogens is 2. The van der Waals surface area contributed by atoms with Gasteiger partial charge in [-0.05, 0) is 24.4 Å². The SMILES string of the molecule is CN(CC(=O)N1CCCC1)C(=O)c1nnc(Cl)s1. The van der Waals surface area contributed by atoms with Crippen LogP contribution in [0.15, 0.2) is 0 Å². The summed E-state index contributed by atoms with van der Waals surface area (Å²) in [7, 11) is 1.58. The standard InChI is InChI=1S/C10H13ClN4O2S/c1-14(6-7(16)15-4-2-3-5-15)9(17)8-12-13-10(11)18-8/h2-6H2,1H3. The maximum absolute atomic E-state index is 11.9. The molecule has 0 atom stereocenters. The maximum Gasteiger partial charge on any atom is 0.285 e. The average molecular weight is 289 g/mol. The highest BCUT2D eigenvalue weighted by Crippen LogP contribution is 2.16. The molecule has 2 heterocycles. The number of carbonyl (C=O) groups excluding carboxylic acids is 2. The smallest absolute Gasteiger partial charge is 0.285 e. The Labute approximate surface area is 114 Å². The first-order chi connectivity index (χ1) is 8.58. The highest BCUT2D eigenvalue weighted by atomic mass is 35.5. The van der Waals surface area contributed by atoms with Crippen molar-refractivity contribution in [2.75, 3.05) is 26.7 Å². The van der Waals surface area contributed by atoms with Gasteiger partial charge in [0, 0.05) is 20.1 Å². The van der Waals surface area contributed by atoms with Crippen LogP contribution in [0, 0.1) is 0 Å². The Morgan fingerprint density at radius 3 is 2.61 bits per heavy atom. The van der Waals surface area contributed by atoms with Crippen molar-refractivity contribution in [2.45, 2.75) is 12.8 Å². The number of likely N-dealkylation sites (tertiary alicyclic amines) is 1. The molecule has 1 aromatic heterocycles. The van der Waals surface area contributed by atoms with E-state index in [9.17, 15) is 9.59 Å². The summed E-state index contributed by atoms with van der Waals surface area (Å²) in [4.78, 5) is 26.9. The van der Waals surface area contributed by atoms with Gasteiger partial charge in [-0.2, -0.15) is 0 Å². The summed E-state index contributed by atoms with van der Waals surface area (Å²) in [6, 6.07) is 0. The third kappa shape index (κ3) is 2.97. The monoisotopic (exact) mass is 288 g/mol. The van der Waals surface area contributed by atoms with Crippen molar-refractivity contribution in [1.29, 1.82) is 0 Å². The Kier molecular flexibility index (Phi) is 4.13. The number of halogens is 1. The van der Waals surface area contributed by atoms with E-state index in [1.54, 1.807) is 11.9 Å². The molecule has 0 spiro atoms. The fourth-order valence-corrected chi connectivity index (χ4v) is 2.62. The van der Waals surface area contributed by atoms with E-state index in [2.05, 4.69) is 10.2 Å². The average Bonchev–Trinajstić information content (AvgIpc) is 2.98. The van der Waals surface area contributed by atoms with Crippen LogP contribution in [0.3, 0.4) is 0 Å². The van der Waals surface area contributed by atoms with Crippen LogP contribution in [0.1, 0.15) is 22.6 Å². The molecule has 2 amide bonds. The van der Waals surface area contributed by atoms with E-state index in [-0.39, 0.29) is 27.8 Å². The maximum atomic E-state index is 11.9. The molecule has 18 heavy (non-hydrogen) atoms. The first-order valence-corrected chi connectivity index (χ1v) is 6.79. The summed E-state index contributed by atoms with van der Waals surface area (Å²) >= 11 is 6.63. The van der Waals surface area contributed by atoms with Gasteiger partial charge in [0.1, 0.15) is 0 Å². The zero-order chi connectivity index (χ0) is 13.1. The Morgan fingerprint density at radius 2 is 2.06 bits per heavy atom. The van der Waals surface area contributed by atoms with Crippen LogP contribution in [-0.4, -0.2) is 58.5 Å². The molecule has 2 rings (SSSR count). The minimum Gasteiger partial charge on any atom is -0.341 e. The number of amides is 2. The molecular formula is C10H13ClN4O2S. The largest absolute Gasteiger partial charge is 0.341 e. The van der Waals surface area contributed by atoms with Gasteiger partial charge in [0.05, 0.1) is 6.54 Å². The second kappa shape index (κ2) is 5.62. The lowest BCUT2D eigenvalue weighted by Gasteiger charge is -2.20. The van der Waals surface area contributed by atoms with Crippen molar-refractivity contribution in [1.82, 2.24) is 20.0 Å². The molecule has 0 radical (unpaired) electrons. The van der Waals surface area contributed by atoms with E-state index in [1.165, 1.54) is 4.90 Å². The van der Waals surface area contributed by atoms with E-state index in [0.717, 1.165) is 37.3 Å². The number of nitrogens with zero attached hydrogens (tertiary/aromatic N) is 4. The lowest BCUT2D eigenvalue weighted by atomic mass is 10.4. The molecule has 1 fully saturated rings. The molecule has 8 heteroatoms. The fraction of sp³-hybridized carbons (Fsp3) is 0.600. The van der Waals surface area contributed by atoms with Gasteiger partial charge in [0.25, 0.3) is 5.91 Å². The van der Waals surface area contributed by atoms with Crippen LogP contribution in [0.4, 0.5) is 0 Å². The topological polar surface area (TPSA) is 66.4 Å². The molecule has 98 valence electrons. The van der Waals surface area contributed by atoms with Crippen LogP contribution in [-0.2, 0) is 4.79 Å². The summed E-state index contributed by atoms with van der Waals surface area (Å²) in [6.07, 6.45) is 2.07. The van der Waals surface area contributed by atoms with Gasteiger partial charge in [-0.1, -0.05) is 11.3 Å². The molecular weight excluding hydrogens is 276 g/mol. The molecule has 1 saturated heterocycles. The summed E-state index contributed by atoms with van der Waals surface area (Å²) < 4.78 is 0.220. The van der Waals surface area contributed by atoms with Crippen molar-refractivity contribution >= 4 is 34.8 Å². The van der Waals surface area contributed by atoms with E-state index in [1.807, 2.05) is 0 Å². The van der Waals surface area contributed by atoms with Gasteiger partial charge < -0.3 is 9.80 Å². The Hall–Kier alpha value is -1.21. The second-order valence-corrected chi connectivity index (χ2v) is 5.67. The molecule has 1 aromatic rings. The minimum absolute atomic E-state index is 0.0287. The van der Waals surface area contributed by atoms with E-state index in [0.29, 0.717) is 0 Å². The number of hydrogen-bond donors (Lipinski definition) is 0. The molecule has 0 aliphatic carbocycles. The molecule has 6 nitrogen and oxygen atoms in total. The first kappa shape index (κ1) is 13.2. The first-order valence-electron chi connectivity index (χ1n) is 5.60. The zero-order valence-corrected chi connectivity index (χ0v) is 11.5. The van der Waals surface area contributed by atoms with E-state index < -0.39 is 0 Å². The number of likely N-dealkylation sites (N-methyl/N-ethyl adjacent to an activating group) is 1. The van der Waals surface area contributed by atoms with Crippen molar-refractivity contribution in [3.05, 3.63) is 9.47 Å². The van der Waals surface area contributed by atoms with Crippen LogP contribution in [0.5, 0.6) is 0 Å². The predicted octanol–water partition coefficient (Wildman–Crippen LogP) is 0.886. The number of carbonyl (C=O) groups is 2. The number of hydrogen-bond acceptors (Lipinski definition) is 5.